The summed E-state index contributed by atoms with van der Waals surface area (Å²) in [7, 11) is 0. The van der Waals surface area contributed by atoms with Gasteiger partial charge in [0.25, 0.3) is 0 Å². The molecule has 14 heavy (non-hydrogen) atoms. The van der Waals surface area contributed by atoms with E-state index in [1.165, 1.54) is 17.9 Å². The first-order valence-corrected chi connectivity index (χ1v) is 6.57. The molecule has 1 saturated heterocycles. The fraction of sp³-hybridized carbons (Fsp3) is 0.818. The average molecular weight is 215 g/mol. The van der Waals surface area contributed by atoms with Crippen molar-refractivity contribution in [1.82, 2.24) is 4.90 Å². The molecular formula is C11H21NOS. The Labute approximate surface area is 91.4 Å². The summed E-state index contributed by atoms with van der Waals surface area (Å²) in [5.74, 6) is 2.49. The van der Waals surface area contributed by atoms with Crippen LogP contribution < -0.4 is 0 Å². The normalized spacial score (nSPS) is 21.5. The van der Waals surface area contributed by atoms with Crippen LogP contribution in [0.15, 0.2) is 12.7 Å². The molecule has 1 unspecified atom stereocenters. The molecule has 1 heterocycles. The number of hydrogen-bond donors (Lipinski definition) is 1. The Morgan fingerprint density at radius 1 is 1.43 bits per heavy atom. The number of aliphatic hydroxyl groups is 1. The molecular weight excluding hydrogens is 194 g/mol. The zero-order valence-corrected chi connectivity index (χ0v) is 9.64. The van der Waals surface area contributed by atoms with E-state index in [2.05, 4.69) is 11.5 Å². The van der Waals surface area contributed by atoms with Gasteiger partial charge < -0.3 is 5.11 Å². The molecule has 0 aromatic carbocycles. The van der Waals surface area contributed by atoms with Crippen molar-refractivity contribution in [2.75, 3.05) is 31.1 Å². The minimum absolute atomic E-state index is 0.170. The maximum atomic E-state index is 9.73. The lowest BCUT2D eigenvalue weighted by Gasteiger charge is -2.22. The molecule has 1 atom stereocenters. The van der Waals surface area contributed by atoms with Gasteiger partial charge in [-0.2, -0.15) is 11.8 Å². The van der Waals surface area contributed by atoms with Crippen LogP contribution in [-0.4, -0.2) is 47.3 Å². The highest BCUT2D eigenvalue weighted by atomic mass is 32.2. The van der Waals surface area contributed by atoms with Crippen molar-refractivity contribution in [2.45, 2.75) is 25.4 Å². The van der Waals surface area contributed by atoms with Crippen LogP contribution in [0.1, 0.15) is 19.3 Å². The second-order valence-electron chi connectivity index (χ2n) is 3.79. The SMILES string of the molecule is C=CCCC(O)CN1CCCSCC1. The summed E-state index contributed by atoms with van der Waals surface area (Å²) in [4.78, 5) is 2.38. The minimum atomic E-state index is -0.170. The number of aliphatic hydroxyl groups excluding tert-OH is 1. The summed E-state index contributed by atoms with van der Waals surface area (Å²) in [6, 6.07) is 0. The average Bonchev–Trinajstić information content (AvgIpc) is 2.43. The lowest BCUT2D eigenvalue weighted by Crippen LogP contribution is -2.34. The van der Waals surface area contributed by atoms with Crippen LogP contribution in [0.5, 0.6) is 0 Å². The molecule has 0 aromatic rings. The molecule has 0 radical (unpaired) electrons. The largest absolute Gasteiger partial charge is 0.392 e. The van der Waals surface area contributed by atoms with Crippen molar-refractivity contribution >= 4 is 11.8 Å². The number of thioether (sulfide) groups is 1. The van der Waals surface area contributed by atoms with E-state index in [4.69, 9.17) is 0 Å². The molecule has 0 spiro atoms. The van der Waals surface area contributed by atoms with Crippen molar-refractivity contribution < 1.29 is 5.11 Å². The van der Waals surface area contributed by atoms with Gasteiger partial charge in [-0.15, -0.1) is 6.58 Å². The van der Waals surface area contributed by atoms with Gasteiger partial charge >= 0.3 is 0 Å². The Balaban J connectivity index is 2.16. The Bertz CT molecular complexity index is 155. The third kappa shape index (κ3) is 5.03. The van der Waals surface area contributed by atoms with Crippen molar-refractivity contribution in [3.63, 3.8) is 0 Å². The van der Waals surface area contributed by atoms with E-state index < -0.39 is 0 Å². The molecule has 82 valence electrons. The number of hydrogen-bond acceptors (Lipinski definition) is 3. The second-order valence-corrected chi connectivity index (χ2v) is 5.01. The van der Waals surface area contributed by atoms with Crippen molar-refractivity contribution in [3.05, 3.63) is 12.7 Å². The Hall–Kier alpha value is 0.0100. The molecule has 1 aliphatic heterocycles. The van der Waals surface area contributed by atoms with Gasteiger partial charge in [-0.1, -0.05) is 6.08 Å². The molecule has 1 aliphatic rings. The van der Waals surface area contributed by atoms with Gasteiger partial charge in [0.1, 0.15) is 0 Å². The van der Waals surface area contributed by atoms with Crippen molar-refractivity contribution in [2.24, 2.45) is 0 Å². The highest BCUT2D eigenvalue weighted by Gasteiger charge is 2.12. The first kappa shape index (κ1) is 12.1. The Morgan fingerprint density at radius 2 is 2.29 bits per heavy atom. The standard InChI is InChI=1S/C11H21NOS/c1-2-3-5-11(13)10-12-6-4-8-14-9-7-12/h2,11,13H,1,3-10H2. The quantitative estimate of drug-likeness (QED) is 0.707. The predicted octanol–water partition coefficient (Wildman–Crippen LogP) is 1.75. The highest BCUT2D eigenvalue weighted by molar-refractivity contribution is 7.99. The zero-order valence-electron chi connectivity index (χ0n) is 8.82. The smallest absolute Gasteiger partial charge is 0.0670 e. The van der Waals surface area contributed by atoms with E-state index >= 15 is 0 Å². The minimum Gasteiger partial charge on any atom is -0.392 e. The maximum absolute atomic E-state index is 9.73. The Kier molecular flexibility index (Phi) is 6.32. The van der Waals surface area contributed by atoms with Gasteiger partial charge in [0.2, 0.25) is 0 Å². The van der Waals surface area contributed by atoms with E-state index in [1.54, 1.807) is 0 Å². The fourth-order valence-corrected chi connectivity index (χ4v) is 2.60. The summed E-state index contributed by atoms with van der Waals surface area (Å²) in [5, 5.41) is 9.73. The third-order valence-electron chi connectivity index (χ3n) is 2.49. The number of rotatable bonds is 5. The van der Waals surface area contributed by atoms with Crippen LogP contribution >= 0.6 is 11.8 Å². The van der Waals surface area contributed by atoms with Crippen LogP contribution in [0.3, 0.4) is 0 Å². The molecule has 0 saturated carbocycles. The van der Waals surface area contributed by atoms with E-state index in [1.807, 2.05) is 17.8 Å². The summed E-state index contributed by atoms with van der Waals surface area (Å²) >= 11 is 2.02. The lowest BCUT2D eigenvalue weighted by atomic mass is 10.2. The van der Waals surface area contributed by atoms with Gasteiger partial charge in [-0.25, -0.2) is 0 Å². The molecule has 0 aliphatic carbocycles. The van der Waals surface area contributed by atoms with Crippen LogP contribution in [0.25, 0.3) is 0 Å². The van der Waals surface area contributed by atoms with E-state index in [9.17, 15) is 5.11 Å². The predicted molar refractivity (Wildman–Crippen MR) is 63.8 cm³/mol. The van der Waals surface area contributed by atoms with Crippen LogP contribution in [0.4, 0.5) is 0 Å². The zero-order chi connectivity index (χ0) is 10.2. The van der Waals surface area contributed by atoms with Crippen LogP contribution in [0.2, 0.25) is 0 Å². The Morgan fingerprint density at radius 3 is 3.07 bits per heavy atom. The van der Waals surface area contributed by atoms with Gasteiger partial charge in [0.15, 0.2) is 0 Å². The summed E-state index contributed by atoms with van der Waals surface area (Å²) in [6.45, 7) is 6.79. The molecule has 0 amide bonds. The van der Waals surface area contributed by atoms with E-state index in [-0.39, 0.29) is 6.10 Å². The molecule has 3 heteroatoms. The summed E-state index contributed by atoms with van der Waals surface area (Å²) in [6.07, 6.45) is 4.74. The molecule has 1 rings (SSSR count). The van der Waals surface area contributed by atoms with E-state index in [0.29, 0.717) is 0 Å². The topological polar surface area (TPSA) is 23.5 Å². The number of nitrogens with zero attached hydrogens (tertiary/aromatic N) is 1. The van der Waals surface area contributed by atoms with E-state index in [0.717, 1.165) is 32.5 Å². The van der Waals surface area contributed by atoms with Gasteiger partial charge in [-0.3, -0.25) is 4.90 Å². The molecule has 1 N–H and O–H groups in total. The monoisotopic (exact) mass is 215 g/mol. The van der Waals surface area contributed by atoms with Crippen molar-refractivity contribution in [3.8, 4) is 0 Å². The number of β-amino-alcohol motifs (C(OH)–C–C–N with tert-alkyl or cyclic N) is 1. The number of allylic oxidation sites excluding steroid dienone is 1. The fourth-order valence-electron chi connectivity index (χ4n) is 1.68. The van der Waals surface area contributed by atoms with Crippen LogP contribution in [-0.2, 0) is 0 Å². The van der Waals surface area contributed by atoms with Crippen molar-refractivity contribution in [1.29, 1.82) is 0 Å². The summed E-state index contributed by atoms with van der Waals surface area (Å²) in [5.41, 5.74) is 0. The molecule has 0 bridgehead atoms. The van der Waals surface area contributed by atoms with Gasteiger partial charge in [-0.05, 0) is 31.6 Å². The first-order valence-electron chi connectivity index (χ1n) is 5.42. The lowest BCUT2D eigenvalue weighted by molar-refractivity contribution is 0.110. The summed E-state index contributed by atoms with van der Waals surface area (Å²) < 4.78 is 0. The molecule has 2 nitrogen and oxygen atoms in total. The highest BCUT2D eigenvalue weighted by Crippen LogP contribution is 2.11. The van der Waals surface area contributed by atoms with Gasteiger partial charge in [0.05, 0.1) is 6.10 Å². The molecule has 0 aromatic heterocycles. The third-order valence-corrected chi connectivity index (χ3v) is 3.54. The first-order chi connectivity index (χ1) is 6.83. The van der Waals surface area contributed by atoms with Gasteiger partial charge in [0, 0.05) is 18.8 Å². The second kappa shape index (κ2) is 7.32. The molecule has 1 fully saturated rings. The maximum Gasteiger partial charge on any atom is 0.0670 e. The van der Waals surface area contributed by atoms with Crippen LogP contribution in [0, 0.1) is 0 Å².